The minimum absolute atomic E-state index is 0.109. The van der Waals surface area contributed by atoms with Gasteiger partial charge in [-0.05, 0) is 41.5 Å². The molecule has 0 saturated carbocycles. The van der Waals surface area contributed by atoms with Crippen molar-refractivity contribution < 1.29 is 9.84 Å². The lowest BCUT2D eigenvalue weighted by Gasteiger charge is -2.06. The van der Waals surface area contributed by atoms with Crippen LogP contribution in [0.4, 0.5) is 0 Å². The zero-order chi connectivity index (χ0) is 12.8. The van der Waals surface area contributed by atoms with E-state index in [1.165, 1.54) is 0 Å². The molecule has 2 aromatic carbocycles. The predicted octanol–water partition coefficient (Wildman–Crippen LogP) is 2.97. The fraction of sp³-hybridized carbons (Fsp3) is 0.250. The van der Waals surface area contributed by atoms with Gasteiger partial charge in [0.15, 0.2) is 0 Å². The van der Waals surface area contributed by atoms with Crippen molar-refractivity contribution >= 4 is 10.8 Å². The van der Waals surface area contributed by atoms with Crippen LogP contribution in [0.25, 0.3) is 10.8 Å². The quantitative estimate of drug-likeness (QED) is 0.836. The molecule has 0 aliphatic heterocycles. The maximum Gasteiger partial charge on any atom is 0.119 e. The number of fused-ring (bicyclic) bond motifs is 1. The minimum Gasteiger partial charge on any atom is -0.494 e. The standard InChI is InChI=1S/C16H16O2/c1-2-10-18-16-8-7-14-11-13(4-3-9-17)5-6-15(14)12-16/h5-8,11-12,17H,2,9-10H2,1H3. The second kappa shape index (κ2) is 6.09. The van der Waals surface area contributed by atoms with Gasteiger partial charge >= 0.3 is 0 Å². The highest BCUT2D eigenvalue weighted by Gasteiger charge is 1.98. The van der Waals surface area contributed by atoms with Crippen LogP contribution in [0.1, 0.15) is 18.9 Å². The maximum atomic E-state index is 8.67. The number of hydrogen-bond acceptors (Lipinski definition) is 2. The molecule has 0 heterocycles. The number of aliphatic hydroxyl groups is 1. The van der Waals surface area contributed by atoms with E-state index in [9.17, 15) is 0 Å². The van der Waals surface area contributed by atoms with Crippen LogP contribution in [-0.4, -0.2) is 18.3 Å². The summed E-state index contributed by atoms with van der Waals surface area (Å²) in [5.41, 5.74) is 0.916. The molecule has 1 N–H and O–H groups in total. The van der Waals surface area contributed by atoms with Crippen LogP contribution in [0.3, 0.4) is 0 Å². The molecule has 0 spiro atoms. The zero-order valence-electron chi connectivity index (χ0n) is 10.4. The molecule has 0 aliphatic rings. The van der Waals surface area contributed by atoms with Gasteiger partial charge < -0.3 is 9.84 Å². The van der Waals surface area contributed by atoms with Gasteiger partial charge in [-0.15, -0.1) is 0 Å². The van der Waals surface area contributed by atoms with Gasteiger partial charge in [-0.25, -0.2) is 0 Å². The smallest absolute Gasteiger partial charge is 0.119 e. The third-order valence-corrected chi connectivity index (χ3v) is 2.60. The summed E-state index contributed by atoms with van der Waals surface area (Å²) in [4.78, 5) is 0. The Balaban J connectivity index is 2.30. The summed E-state index contributed by atoms with van der Waals surface area (Å²) in [6.45, 7) is 2.72. The second-order valence-electron chi connectivity index (χ2n) is 4.03. The molecular formula is C16H16O2. The molecule has 0 unspecified atom stereocenters. The fourth-order valence-corrected chi connectivity index (χ4v) is 1.75. The molecule has 0 aromatic heterocycles. The van der Waals surface area contributed by atoms with Crippen molar-refractivity contribution in [3.05, 3.63) is 42.0 Å². The average molecular weight is 240 g/mol. The van der Waals surface area contributed by atoms with Gasteiger partial charge in [0, 0.05) is 5.56 Å². The summed E-state index contributed by atoms with van der Waals surface area (Å²) in [7, 11) is 0. The molecule has 0 atom stereocenters. The Labute approximate surface area is 107 Å². The van der Waals surface area contributed by atoms with E-state index in [0.717, 1.165) is 35.1 Å². The Hall–Kier alpha value is -1.98. The molecule has 0 radical (unpaired) electrons. The molecule has 0 fully saturated rings. The first kappa shape index (κ1) is 12.5. The van der Waals surface area contributed by atoms with Crippen molar-refractivity contribution in [2.75, 3.05) is 13.2 Å². The molecule has 0 amide bonds. The van der Waals surface area contributed by atoms with Crippen LogP contribution in [0.15, 0.2) is 36.4 Å². The summed E-state index contributed by atoms with van der Waals surface area (Å²) < 4.78 is 5.60. The number of ether oxygens (including phenoxy) is 1. The first-order valence-corrected chi connectivity index (χ1v) is 6.10. The summed E-state index contributed by atoms with van der Waals surface area (Å²) >= 11 is 0. The van der Waals surface area contributed by atoms with E-state index in [2.05, 4.69) is 18.8 Å². The molecule has 2 nitrogen and oxygen atoms in total. The van der Waals surface area contributed by atoms with Crippen molar-refractivity contribution in [3.8, 4) is 17.6 Å². The Bertz CT molecular complexity index is 591. The van der Waals surface area contributed by atoms with E-state index in [1.54, 1.807) is 0 Å². The second-order valence-corrected chi connectivity index (χ2v) is 4.03. The molecule has 0 saturated heterocycles. The lowest BCUT2D eigenvalue weighted by molar-refractivity contribution is 0.318. The lowest BCUT2D eigenvalue weighted by atomic mass is 10.1. The van der Waals surface area contributed by atoms with Gasteiger partial charge in [-0.2, -0.15) is 0 Å². The fourth-order valence-electron chi connectivity index (χ4n) is 1.75. The Morgan fingerprint density at radius 3 is 2.67 bits per heavy atom. The summed E-state index contributed by atoms with van der Waals surface area (Å²) in [5, 5.41) is 10.9. The molecule has 2 heteroatoms. The topological polar surface area (TPSA) is 29.5 Å². The maximum absolute atomic E-state index is 8.67. The highest BCUT2D eigenvalue weighted by Crippen LogP contribution is 2.22. The van der Waals surface area contributed by atoms with Crippen LogP contribution in [-0.2, 0) is 0 Å². The highest BCUT2D eigenvalue weighted by atomic mass is 16.5. The van der Waals surface area contributed by atoms with Gasteiger partial charge in [0.2, 0.25) is 0 Å². The van der Waals surface area contributed by atoms with Gasteiger partial charge in [-0.1, -0.05) is 30.9 Å². The minimum atomic E-state index is -0.109. The molecule has 92 valence electrons. The zero-order valence-corrected chi connectivity index (χ0v) is 10.4. The third-order valence-electron chi connectivity index (χ3n) is 2.60. The van der Waals surface area contributed by atoms with Crippen LogP contribution in [0, 0.1) is 11.8 Å². The molecule has 2 aromatic rings. The van der Waals surface area contributed by atoms with Gasteiger partial charge in [-0.3, -0.25) is 0 Å². The van der Waals surface area contributed by atoms with E-state index < -0.39 is 0 Å². The molecule has 0 aliphatic carbocycles. The van der Waals surface area contributed by atoms with E-state index in [4.69, 9.17) is 9.84 Å². The van der Waals surface area contributed by atoms with Gasteiger partial charge in [0.05, 0.1) is 6.61 Å². The van der Waals surface area contributed by atoms with Crippen LogP contribution >= 0.6 is 0 Å². The van der Waals surface area contributed by atoms with Gasteiger partial charge in [0.25, 0.3) is 0 Å². The number of aliphatic hydroxyl groups excluding tert-OH is 1. The van der Waals surface area contributed by atoms with Crippen molar-refractivity contribution in [3.63, 3.8) is 0 Å². The Morgan fingerprint density at radius 1 is 1.11 bits per heavy atom. The predicted molar refractivity (Wildman–Crippen MR) is 73.7 cm³/mol. The summed E-state index contributed by atoms with van der Waals surface area (Å²) in [6.07, 6.45) is 1.01. The molecule has 0 bridgehead atoms. The average Bonchev–Trinajstić information content (AvgIpc) is 2.42. The number of hydrogen-bond donors (Lipinski definition) is 1. The van der Waals surface area contributed by atoms with Gasteiger partial charge in [0.1, 0.15) is 12.4 Å². The lowest BCUT2D eigenvalue weighted by Crippen LogP contribution is -1.94. The number of rotatable bonds is 3. The monoisotopic (exact) mass is 240 g/mol. The molecule has 2 rings (SSSR count). The van der Waals surface area contributed by atoms with E-state index >= 15 is 0 Å². The Morgan fingerprint density at radius 2 is 1.89 bits per heavy atom. The van der Waals surface area contributed by atoms with Crippen LogP contribution < -0.4 is 4.74 Å². The molecule has 18 heavy (non-hydrogen) atoms. The van der Waals surface area contributed by atoms with Crippen LogP contribution in [0.5, 0.6) is 5.75 Å². The number of benzene rings is 2. The molecular weight excluding hydrogens is 224 g/mol. The van der Waals surface area contributed by atoms with Crippen molar-refractivity contribution in [1.82, 2.24) is 0 Å². The van der Waals surface area contributed by atoms with Crippen molar-refractivity contribution in [2.24, 2.45) is 0 Å². The summed E-state index contributed by atoms with van der Waals surface area (Å²) in [5.74, 6) is 6.45. The first-order chi connectivity index (χ1) is 8.83. The van der Waals surface area contributed by atoms with Crippen molar-refractivity contribution in [1.29, 1.82) is 0 Å². The normalized spacial score (nSPS) is 9.89. The van der Waals surface area contributed by atoms with E-state index in [-0.39, 0.29) is 6.61 Å². The highest BCUT2D eigenvalue weighted by molar-refractivity contribution is 5.85. The van der Waals surface area contributed by atoms with Crippen molar-refractivity contribution in [2.45, 2.75) is 13.3 Å². The third kappa shape index (κ3) is 3.03. The van der Waals surface area contributed by atoms with E-state index in [0.29, 0.717) is 0 Å². The Kier molecular flexibility index (Phi) is 4.22. The largest absolute Gasteiger partial charge is 0.494 e. The van der Waals surface area contributed by atoms with Crippen LogP contribution in [0.2, 0.25) is 0 Å². The SMILES string of the molecule is CCCOc1ccc2cc(C#CCO)ccc2c1. The summed E-state index contributed by atoms with van der Waals surface area (Å²) in [6, 6.07) is 12.0. The van der Waals surface area contributed by atoms with E-state index in [1.807, 2.05) is 36.4 Å². The first-order valence-electron chi connectivity index (χ1n) is 6.10.